The van der Waals surface area contributed by atoms with Crippen molar-refractivity contribution in [1.29, 1.82) is 0 Å². The number of benzene rings is 1. The van der Waals surface area contributed by atoms with Gasteiger partial charge in [-0.2, -0.15) is 0 Å². The van der Waals surface area contributed by atoms with E-state index < -0.39 is 5.97 Å². The van der Waals surface area contributed by atoms with Gasteiger partial charge in [0.2, 0.25) is 0 Å². The monoisotopic (exact) mass is 244 g/mol. The summed E-state index contributed by atoms with van der Waals surface area (Å²) in [7, 11) is 0. The molecule has 16 heavy (non-hydrogen) atoms. The van der Waals surface area contributed by atoms with Crippen molar-refractivity contribution >= 4 is 17.6 Å². The fraction of sp³-hybridized carbons (Fsp3) is 0.364. The van der Waals surface area contributed by atoms with Gasteiger partial charge in [0.05, 0.1) is 6.42 Å². The predicted octanol–water partition coefficient (Wildman–Crippen LogP) is 2.64. The van der Waals surface area contributed by atoms with Crippen LogP contribution in [0.25, 0.3) is 0 Å². The Kier molecular flexibility index (Phi) is 3.65. The number of aliphatic carboxylic acids is 1. The normalized spacial score (nSPS) is 12.4. The van der Waals surface area contributed by atoms with Gasteiger partial charge in [0.15, 0.2) is 0 Å². The summed E-state index contributed by atoms with van der Waals surface area (Å²) in [6.07, 6.45) is -0.103. The standard InChI is InChI=1S/C11H13ClO4/c1-5(4-8(13)14)7-3-6(2)10(15)9(12)11(7)16/h3,5,15-16H,4H2,1-2H3,(H,13,14). The molecule has 0 fully saturated rings. The smallest absolute Gasteiger partial charge is 0.303 e. The molecular formula is C11H13ClO4. The lowest BCUT2D eigenvalue weighted by Crippen LogP contribution is -2.03. The maximum absolute atomic E-state index is 10.6. The van der Waals surface area contributed by atoms with Crippen molar-refractivity contribution in [1.82, 2.24) is 0 Å². The second-order valence-electron chi connectivity index (χ2n) is 3.79. The van der Waals surface area contributed by atoms with Crippen LogP contribution in [0.1, 0.15) is 30.4 Å². The summed E-state index contributed by atoms with van der Waals surface area (Å²) in [5.41, 5.74) is 0.942. The van der Waals surface area contributed by atoms with E-state index in [0.29, 0.717) is 11.1 Å². The highest BCUT2D eigenvalue weighted by atomic mass is 35.5. The molecule has 0 amide bonds. The third-order valence-electron chi connectivity index (χ3n) is 2.45. The number of carboxylic acids is 1. The van der Waals surface area contributed by atoms with Crippen molar-refractivity contribution < 1.29 is 20.1 Å². The number of phenols is 2. The average molecular weight is 245 g/mol. The first-order valence-electron chi connectivity index (χ1n) is 4.77. The SMILES string of the molecule is Cc1cc(C(C)CC(=O)O)c(O)c(Cl)c1O. The van der Waals surface area contributed by atoms with E-state index in [-0.39, 0.29) is 28.9 Å². The van der Waals surface area contributed by atoms with E-state index in [0.717, 1.165) is 0 Å². The summed E-state index contributed by atoms with van der Waals surface area (Å²) in [6.45, 7) is 3.31. The van der Waals surface area contributed by atoms with E-state index in [9.17, 15) is 15.0 Å². The van der Waals surface area contributed by atoms with Gasteiger partial charge in [-0.25, -0.2) is 0 Å². The zero-order valence-corrected chi connectivity index (χ0v) is 9.75. The largest absolute Gasteiger partial charge is 0.506 e. The van der Waals surface area contributed by atoms with Crippen LogP contribution >= 0.6 is 11.6 Å². The van der Waals surface area contributed by atoms with E-state index in [2.05, 4.69) is 0 Å². The molecule has 88 valence electrons. The molecule has 0 saturated carbocycles. The molecular weight excluding hydrogens is 232 g/mol. The number of phenolic OH excluding ortho intramolecular Hbond substituents is 2. The first-order valence-corrected chi connectivity index (χ1v) is 5.15. The van der Waals surface area contributed by atoms with Crippen LogP contribution in [0, 0.1) is 6.92 Å². The lowest BCUT2D eigenvalue weighted by Gasteiger charge is -2.14. The van der Waals surface area contributed by atoms with Crippen molar-refractivity contribution in [3.8, 4) is 11.5 Å². The van der Waals surface area contributed by atoms with Crippen molar-refractivity contribution in [2.75, 3.05) is 0 Å². The van der Waals surface area contributed by atoms with Crippen molar-refractivity contribution in [3.63, 3.8) is 0 Å². The third kappa shape index (κ3) is 2.39. The van der Waals surface area contributed by atoms with Crippen LogP contribution < -0.4 is 0 Å². The molecule has 1 atom stereocenters. The highest BCUT2D eigenvalue weighted by molar-refractivity contribution is 6.33. The van der Waals surface area contributed by atoms with Crippen molar-refractivity contribution in [2.45, 2.75) is 26.2 Å². The lowest BCUT2D eigenvalue weighted by molar-refractivity contribution is -0.137. The van der Waals surface area contributed by atoms with Crippen molar-refractivity contribution in [2.24, 2.45) is 0 Å². The Labute approximate surface area is 98.1 Å². The molecule has 0 radical (unpaired) electrons. The number of halogens is 1. The Morgan fingerprint density at radius 1 is 1.44 bits per heavy atom. The van der Waals surface area contributed by atoms with Gasteiger partial charge < -0.3 is 15.3 Å². The van der Waals surface area contributed by atoms with Crippen LogP contribution in [0.4, 0.5) is 0 Å². The first kappa shape index (κ1) is 12.6. The molecule has 0 aliphatic heterocycles. The molecule has 1 unspecified atom stereocenters. The number of carboxylic acid groups (broad SMARTS) is 1. The van der Waals surface area contributed by atoms with Gasteiger partial charge in [0.25, 0.3) is 0 Å². The third-order valence-corrected chi connectivity index (χ3v) is 2.80. The fourth-order valence-electron chi connectivity index (χ4n) is 1.53. The topological polar surface area (TPSA) is 77.8 Å². The Hall–Kier alpha value is -1.42. The summed E-state index contributed by atoms with van der Waals surface area (Å²) in [5.74, 6) is -1.74. The summed E-state index contributed by atoms with van der Waals surface area (Å²) >= 11 is 5.72. The molecule has 0 heterocycles. The summed E-state index contributed by atoms with van der Waals surface area (Å²) in [6, 6.07) is 1.55. The van der Waals surface area contributed by atoms with Crippen LogP contribution in [0.3, 0.4) is 0 Å². The molecule has 1 aromatic rings. The van der Waals surface area contributed by atoms with Crippen LogP contribution in [0.5, 0.6) is 11.5 Å². The number of aromatic hydroxyl groups is 2. The number of carbonyl (C=O) groups is 1. The minimum atomic E-state index is -0.950. The second kappa shape index (κ2) is 4.61. The second-order valence-corrected chi connectivity index (χ2v) is 4.17. The number of rotatable bonds is 3. The molecule has 0 aromatic heterocycles. The van der Waals surface area contributed by atoms with Crippen LogP contribution in [-0.4, -0.2) is 21.3 Å². The van der Waals surface area contributed by atoms with Gasteiger partial charge in [-0.15, -0.1) is 0 Å². The molecule has 0 aliphatic carbocycles. The van der Waals surface area contributed by atoms with E-state index >= 15 is 0 Å². The number of hydrogen-bond donors (Lipinski definition) is 3. The lowest BCUT2D eigenvalue weighted by atomic mass is 9.95. The maximum Gasteiger partial charge on any atom is 0.303 e. The van der Waals surface area contributed by atoms with Crippen LogP contribution in [0.15, 0.2) is 6.07 Å². The van der Waals surface area contributed by atoms with Gasteiger partial charge in [-0.3, -0.25) is 4.79 Å². The van der Waals surface area contributed by atoms with Crippen molar-refractivity contribution in [3.05, 3.63) is 22.2 Å². The molecule has 0 bridgehead atoms. The maximum atomic E-state index is 10.6. The molecule has 0 spiro atoms. The zero-order chi connectivity index (χ0) is 12.5. The molecule has 1 rings (SSSR count). The van der Waals surface area contributed by atoms with Gasteiger partial charge in [0.1, 0.15) is 16.5 Å². The van der Waals surface area contributed by atoms with E-state index in [4.69, 9.17) is 16.7 Å². The summed E-state index contributed by atoms with van der Waals surface area (Å²) in [5, 5.41) is 27.7. The summed E-state index contributed by atoms with van der Waals surface area (Å²) in [4.78, 5) is 10.6. The molecule has 1 aromatic carbocycles. The average Bonchev–Trinajstić information content (AvgIpc) is 2.19. The molecule has 0 saturated heterocycles. The highest BCUT2D eigenvalue weighted by Gasteiger charge is 2.19. The summed E-state index contributed by atoms with van der Waals surface area (Å²) < 4.78 is 0. The van der Waals surface area contributed by atoms with Gasteiger partial charge >= 0.3 is 5.97 Å². The number of hydrogen-bond acceptors (Lipinski definition) is 3. The minimum Gasteiger partial charge on any atom is -0.506 e. The molecule has 4 nitrogen and oxygen atoms in total. The Bertz CT molecular complexity index is 428. The molecule has 0 aliphatic rings. The molecule has 5 heteroatoms. The first-order chi connectivity index (χ1) is 7.34. The predicted molar refractivity (Wildman–Crippen MR) is 60.2 cm³/mol. The quantitative estimate of drug-likeness (QED) is 0.764. The fourth-order valence-corrected chi connectivity index (χ4v) is 1.79. The Morgan fingerprint density at radius 3 is 2.50 bits per heavy atom. The Morgan fingerprint density at radius 2 is 2.00 bits per heavy atom. The van der Waals surface area contributed by atoms with Crippen LogP contribution in [-0.2, 0) is 4.79 Å². The van der Waals surface area contributed by atoms with E-state index in [1.165, 1.54) is 0 Å². The van der Waals surface area contributed by atoms with Gasteiger partial charge in [-0.05, 0) is 30.0 Å². The van der Waals surface area contributed by atoms with E-state index in [1.54, 1.807) is 19.9 Å². The molecule has 3 N–H and O–H groups in total. The van der Waals surface area contributed by atoms with Crippen LogP contribution in [0.2, 0.25) is 5.02 Å². The number of aryl methyl sites for hydroxylation is 1. The van der Waals surface area contributed by atoms with E-state index in [1.807, 2.05) is 0 Å². The van der Waals surface area contributed by atoms with Gasteiger partial charge in [0, 0.05) is 0 Å². The Balaban J connectivity index is 3.19. The van der Waals surface area contributed by atoms with Gasteiger partial charge in [-0.1, -0.05) is 18.5 Å². The zero-order valence-electron chi connectivity index (χ0n) is 8.99. The highest BCUT2D eigenvalue weighted by Crippen LogP contribution is 2.41. The minimum absolute atomic E-state index is 0.103.